The van der Waals surface area contributed by atoms with Crippen molar-refractivity contribution in [2.24, 2.45) is 4.99 Å². The summed E-state index contributed by atoms with van der Waals surface area (Å²) in [5.74, 6) is 1.37. The summed E-state index contributed by atoms with van der Waals surface area (Å²) >= 11 is 0. The van der Waals surface area contributed by atoms with E-state index >= 15 is 0 Å². The summed E-state index contributed by atoms with van der Waals surface area (Å²) in [7, 11) is 0. The van der Waals surface area contributed by atoms with Crippen molar-refractivity contribution in [3.05, 3.63) is 218 Å². The maximum atomic E-state index is 5.66. The van der Waals surface area contributed by atoms with E-state index in [2.05, 4.69) is 196 Å². The molecular weight excluding hydrogens is 757 g/mol. The van der Waals surface area contributed by atoms with Crippen molar-refractivity contribution < 1.29 is 0 Å². The first-order valence-electron chi connectivity index (χ1n) is 21.1. The van der Waals surface area contributed by atoms with Crippen LogP contribution >= 0.6 is 0 Å². The Labute approximate surface area is 356 Å². The van der Waals surface area contributed by atoms with Crippen molar-refractivity contribution in [2.75, 3.05) is 0 Å². The maximum absolute atomic E-state index is 5.66. The average molecular weight is 793 g/mol. The normalized spacial score (nSPS) is 13.9. The van der Waals surface area contributed by atoms with Crippen LogP contribution < -0.4 is 5.32 Å². The van der Waals surface area contributed by atoms with E-state index in [4.69, 9.17) is 15.0 Å². The van der Waals surface area contributed by atoms with Crippen molar-refractivity contribution in [3.8, 4) is 28.3 Å². The van der Waals surface area contributed by atoms with Gasteiger partial charge in [0.25, 0.3) is 0 Å². The minimum absolute atomic E-state index is 0.333. The minimum atomic E-state index is -0.333. The molecule has 13 rings (SSSR count). The fraction of sp³-hybridized carbons (Fsp3) is 0.0179. The second-order valence-corrected chi connectivity index (χ2v) is 16.0. The van der Waals surface area contributed by atoms with Gasteiger partial charge in [-0.25, -0.2) is 15.0 Å². The SMILES string of the molecule is c1ccc(-c2nc(-c3ccccc3)c3c(n2)C(c2ccccc2)NC(n2c4ccc5c6ccc7ccccc7c6n(-c6ccccc6)c5c4c4ccc5ccccc5c42)=N3)cc1. The molecule has 3 aromatic heterocycles. The van der Waals surface area contributed by atoms with Gasteiger partial charge in [0.2, 0.25) is 5.96 Å². The third kappa shape index (κ3) is 5.13. The van der Waals surface area contributed by atoms with Crippen molar-refractivity contribution in [1.82, 2.24) is 24.4 Å². The lowest BCUT2D eigenvalue weighted by atomic mass is 9.98. The number of nitrogens with one attached hydrogen (secondary N) is 1. The first-order chi connectivity index (χ1) is 30.8. The van der Waals surface area contributed by atoms with Gasteiger partial charge in [-0.05, 0) is 34.5 Å². The van der Waals surface area contributed by atoms with Crippen LogP contribution in [0.2, 0.25) is 0 Å². The van der Waals surface area contributed by atoms with Crippen molar-refractivity contribution >= 4 is 76.8 Å². The zero-order chi connectivity index (χ0) is 40.7. The number of nitrogens with zero attached hydrogens (tertiary/aromatic N) is 5. The third-order valence-electron chi connectivity index (χ3n) is 12.5. The third-order valence-corrected chi connectivity index (χ3v) is 12.5. The summed E-state index contributed by atoms with van der Waals surface area (Å²) in [5, 5.41) is 13.5. The zero-order valence-electron chi connectivity index (χ0n) is 33.4. The van der Waals surface area contributed by atoms with Crippen LogP contribution in [0.4, 0.5) is 5.69 Å². The lowest BCUT2D eigenvalue weighted by molar-refractivity contribution is 0.704. The Bertz CT molecular complexity index is 3760. The maximum Gasteiger partial charge on any atom is 0.209 e. The number of aliphatic imine (C=N–C) groups is 1. The molecule has 1 aliphatic heterocycles. The highest BCUT2D eigenvalue weighted by Crippen LogP contribution is 2.46. The molecule has 0 saturated heterocycles. The molecule has 4 heterocycles. The zero-order valence-corrected chi connectivity index (χ0v) is 33.4. The van der Waals surface area contributed by atoms with E-state index in [0.29, 0.717) is 11.8 Å². The van der Waals surface area contributed by atoms with Crippen LogP contribution in [0.3, 0.4) is 0 Å². The summed E-state index contributed by atoms with van der Waals surface area (Å²) < 4.78 is 4.84. The van der Waals surface area contributed by atoms with Crippen LogP contribution in [0, 0.1) is 0 Å². The molecule has 1 aliphatic rings. The number of fused-ring (bicyclic) bond motifs is 12. The molecule has 6 heteroatoms. The smallest absolute Gasteiger partial charge is 0.209 e. The number of rotatable bonds is 4. The highest BCUT2D eigenvalue weighted by Gasteiger charge is 2.32. The van der Waals surface area contributed by atoms with Gasteiger partial charge in [-0.15, -0.1) is 0 Å². The number of hydrogen-bond donors (Lipinski definition) is 1. The predicted molar refractivity (Wildman–Crippen MR) is 256 cm³/mol. The highest BCUT2D eigenvalue weighted by atomic mass is 15.3. The summed E-state index contributed by atoms with van der Waals surface area (Å²) in [5.41, 5.74) is 11.0. The first kappa shape index (κ1) is 34.5. The summed E-state index contributed by atoms with van der Waals surface area (Å²) in [6, 6.07) is 72.8. The molecule has 9 aromatic carbocycles. The van der Waals surface area contributed by atoms with Gasteiger partial charge in [0.15, 0.2) is 5.82 Å². The Morgan fingerprint density at radius 1 is 0.419 bits per heavy atom. The largest absolute Gasteiger partial charge is 0.343 e. The molecule has 0 spiro atoms. The Balaban J connectivity index is 1.19. The fourth-order valence-electron chi connectivity index (χ4n) is 9.81. The number of hydrogen-bond acceptors (Lipinski definition) is 4. The van der Waals surface area contributed by atoms with Crippen molar-refractivity contribution in [1.29, 1.82) is 0 Å². The summed E-state index contributed by atoms with van der Waals surface area (Å²) in [4.78, 5) is 16.3. The van der Waals surface area contributed by atoms with Gasteiger partial charge in [-0.1, -0.05) is 188 Å². The molecule has 0 bridgehead atoms. The van der Waals surface area contributed by atoms with E-state index in [-0.39, 0.29) is 6.04 Å². The topological polar surface area (TPSA) is 60.0 Å². The predicted octanol–water partition coefficient (Wildman–Crippen LogP) is 13.6. The van der Waals surface area contributed by atoms with Crippen LogP contribution in [0.15, 0.2) is 211 Å². The second kappa shape index (κ2) is 13.6. The molecule has 1 unspecified atom stereocenters. The van der Waals surface area contributed by atoms with E-state index in [0.717, 1.165) is 77.5 Å². The Morgan fingerprint density at radius 3 is 1.66 bits per heavy atom. The molecule has 62 heavy (non-hydrogen) atoms. The average Bonchev–Trinajstić information content (AvgIpc) is 3.88. The summed E-state index contributed by atoms with van der Waals surface area (Å²) in [6.45, 7) is 0. The molecule has 0 radical (unpaired) electrons. The molecule has 6 nitrogen and oxygen atoms in total. The first-order valence-corrected chi connectivity index (χ1v) is 21.1. The summed E-state index contributed by atoms with van der Waals surface area (Å²) in [6.07, 6.45) is 0. The second-order valence-electron chi connectivity index (χ2n) is 16.0. The monoisotopic (exact) mass is 792 g/mol. The van der Waals surface area contributed by atoms with Gasteiger partial charge in [0.05, 0.1) is 33.8 Å². The molecule has 0 fully saturated rings. The quantitative estimate of drug-likeness (QED) is 0.193. The van der Waals surface area contributed by atoms with Crippen LogP contribution in [0.1, 0.15) is 17.3 Å². The number of benzene rings is 9. The lowest BCUT2D eigenvalue weighted by Gasteiger charge is -2.29. The van der Waals surface area contributed by atoms with Gasteiger partial charge in [-0.2, -0.15) is 0 Å². The van der Waals surface area contributed by atoms with E-state index in [1.54, 1.807) is 0 Å². The Kier molecular flexibility index (Phi) is 7.57. The van der Waals surface area contributed by atoms with E-state index in [1.807, 2.05) is 24.3 Å². The molecule has 0 aliphatic carbocycles. The Morgan fingerprint density at radius 2 is 0.968 bits per heavy atom. The molecule has 12 aromatic rings. The molecular formula is C56H36N6. The van der Waals surface area contributed by atoms with Gasteiger partial charge in [0, 0.05) is 49.1 Å². The van der Waals surface area contributed by atoms with E-state index in [9.17, 15) is 0 Å². The van der Waals surface area contributed by atoms with Crippen molar-refractivity contribution in [2.45, 2.75) is 6.04 Å². The minimum Gasteiger partial charge on any atom is -0.343 e. The fourth-order valence-corrected chi connectivity index (χ4v) is 9.81. The van der Waals surface area contributed by atoms with Crippen LogP contribution in [-0.2, 0) is 0 Å². The number of para-hydroxylation sites is 1. The van der Waals surface area contributed by atoms with E-state index in [1.165, 1.54) is 27.1 Å². The Hall–Kier alpha value is -8.35. The van der Waals surface area contributed by atoms with Gasteiger partial charge < -0.3 is 9.88 Å². The molecule has 0 amide bonds. The van der Waals surface area contributed by atoms with Crippen LogP contribution in [-0.4, -0.2) is 25.1 Å². The van der Waals surface area contributed by atoms with Gasteiger partial charge in [-0.3, -0.25) is 4.57 Å². The molecule has 1 N–H and O–H groups in total. The number of aromatic nitrogens is 4. The molecule has 290 valence electrons. The lowest BCUT2D eigenvalue weighted by Crippen LogP contribution is -2.37. The standard InChI is InChI=1S/C56H36N6/c1-5-19-37(20-6-1)48-51-50(58-55(57-48)39-23-9-3-10-24-39)49(38-21-7-2-8-22-38)59-56(60-51)62-46-34-33-44-43-31-29-35-17-13-15-27-41(35)52(43)61(40-25-11-4-12-26-40)54(44)47(46)45-32-30-36-18-14-16-28-42(36)53(45)62/h1-34,49H,(H,59,60). The van der Waals surface area contributed by atoms with Crippen molar-refractivity contribution in [3.63, 3.8) is 0 Å². The highest BCUT2D eigenvalue weighted by molar-refractivity contribution is 6.32. The van der Waals surface area contributed by atoms with Crippen LogP contribution in [0.5, 0.6) is 0 Å². The van der Waals surface area contributed by atoms with Gasteiger partial charge >= 0.3 is 0 Å². The molecule has 0 saturated carbocycles. The molecule has 1 atom stereocenters. The van der Waals surface area contributed by atoms with Gasteiger partial charge in [0.1, 0.15) is 11.4 Å². The van der Waals surface area contributed by atoms with E-state index < -0.39 is 0 Å². The van der Waals surface area contributed by atoms with Crippen LogP contribution in [0.25, 0.3) is 93.5 Å².